The van der Waals surface area contributed by atoms with E-state index in [-0.39, 0.29) is 6.04 Å². The van der Waals surface area contributed by atoms with Gasteiger partial charge in [0.2, 0.25) is 0 Å². The maximum Gasteiger partial charge on any atom is 0.134 e. The molecule has 0 aliphatic carbocycles. The lowest BCUT2D eigenvalue weighted by atomic mass is 10.1. The van der Waals surface area contributed by atoms with Crippen molar-refractivity contribution in [3.63, 3.8) is 0 Å². The second-order valence-electron chi connectivity index (χ2n) is 5.50. The predicted octanol–water partition coefficient (Wildman–Crippen LogP) is 4.60. The van der Waals surface area contributed by atoms with Crippen LogP contribution in [0.5, 0.6) is 5.75 Å². The van der Waals surface area contributed by atoms with Gasteiger partial charge in [-0.1, -0.05) is 36.4 Å². The Morgan fingerprint density at radius 2 is 1.82 bits per heavy atom. The number of nitrogens with one attached hydrogen (secondary N) is 1. The highest BCUT2D eigenvalue weighted by Crippen LogP contribution is 2.29. The van der Waals surface area contributed by atoms with E-state index in [1.165, 1.54) is 10.9 Å². The molecule has 1 heterocycles. The summed E-state index contributed by atoms with van der Waals surface area (Å²) in [6.07, 6.45) is 0. The molecule has 0 amide bonds. The molecule has 3 heteroatoms. The van der Waals surface area contributed by atoms with Crippen LogP contribution in [0.15, 0.2) is 52.9 Å². The quantitative estimate of drug-likeness (QED) is 0.747. The van der Waals surface area contributed by atoms with Gasteiger partial charge in [-0.3, -0.25) is 0 Å². The first-order valence-electron chi connectivity index (χ1n) is 7.54. The number of fused-ring (bicyclic) bond motifs is 1. The van der Waals surface area contributed by atoms with Crippen molar-refractivity contribution in [2.45, 2.75) is 26.4 Å². The average Bonchev–Trinajstić information content (AvgIpc) is 2.90. The van der Waals surface area contributed by atoms with Crippen LogP contribution in [0.25, 0.3) is 11.0 Å². The molecule has 3 rings (SSSR count). The normalized spacial score (nSPS) is 12.5. The first-order chi connectivity index (χ1) is 10.7. The Bertz CT molecular complexity index is 776. The number of hydrogen-bond acceptors (Lipinski definition) is 3. The smallest absolute Gasteiger partial charge is 0.134 e. The van der Waals surface area contributed by atoms with Crippen molar-refractivity contribution >= 4 is 11.0 Å². The Balaban J connectivity index is 1.79. The molecule has 1 N–H and O–H groups in total. The van der Waals surface area contributed by atoms with Crippen molar-refractivity contribution in [1.29, 1.82) is 0 Å². The summed E-state index contributed by atoms with van der Waals surface area (Å²) in [6.45, 7) is 4.98. The van der Waals surface area contributed by atoms with Gasteiger partial charge >= 0.3 is 0 Å². The van der Waals surface area contributed by atoms with Crippen LogP contribution in [0.4, 0.5) is 0 Å². The zero-order valence-electron chi connectivity index (χ0n) is 13.2. The Morgan fingerprint density at radius 3 is 2.59 bits per heavy atom. The van der Waals surface area contributed by atoms with E-state index in [9.17, 15) is 0 Å². The summed E-state index contributed by atoms with van der Waals surface area (Å²) in [7, 11) is 1.70. The molecule has 1 atom stereocenters. The first-order valence-corrected chi connectivity index (χ1v) is 7.54. The van der Waals surface area contributed by atoms with Crippen molar-refractivity contribution in [2.24, 2.45) is 0 Å². The summed E-state index contributed by atoms with van der Waals surface area (Å²) in [5.74, 6) is 1.90. The minimum Gasteiger partial charge on any atom is -0.496 e. The van der Waals surface area contributed by atoms with E-state index in [1.54, 1.807) is 7.11 Å². The van der Waals surface area contributed by atoms with Gasteiger partial charge < -0.3 is 14.5 Å². The minimum absolute atomic E-state index is 0.136. The van der Waals surface area contributed by atoms with Crippen molar-refractivity contribution in [2.75, 3.05) is 7.11 Å². The molecule has 0 radical (unpaired) electrons. The summed E-state index contributed by atoms with van der Waals surface area (Å²) < 4.78 is 11.4. The highest BCUT2D eigenvalue weighted by atomic mass is 16.5. The van der Waals surface area contributed by atoms with Crippen molar-refractivity contribution in [3.8, 4) is 5.75 Å². The summed E-state index contributed by atoms with van der Waals surface area (Å²) >= 11 is 0. The van der Waals surface area contributed by atoms with Crippen LogP contribution < -0.4 is 10.1 Å². The van der Waals surface area contributed by atoms with E-state index in [0.29, 0.717) is 0 Å². The highest BCUT2D eigenvalue weighted by molar-refractivity contribution is 5.82. The number of ether oxygens (including phenoxy) is 1. The monoisotopic (exact) mass is 295 g/mol. The van der Waals surface area contributed by atoms with E-state index < -0.39 is 0 Å². The molecule has 0 saturated carbocycles. The Hall–Kier alpha value is -2.26. The van der Waals surface area contributed by atoms with Crippen LogP contribution >= 0.6 is 0 Å². The zero-order chi connectivity index (χ0) is 15.5. The van der Waals surface area contributed by atoms with Crippen molar-refractivity contribution in [1.82, 2.24) is 5.32 Å². The number of furan rings is 1. The van der Waals surface area contributed by atoms with Crippen LogP contribution in [0.2, 0.25) is 0 Å². The molecule has 0 aliphatic rings. The van der Waals surface area contributed by atoms with Gasteiger partial charge in [0.05, 0.1) is 13.2 Å². The van der Waals surface area contributed by atoms with Gasteiger partial charge in [-0.25, -0.2) is 0 Å². The fraction of sp³-hybridized carbons (Fsp3) is 0.263. The standard InChI is InChI=1S/C19H21NO2/c1-13-16-9-5-7-11-18(16)22-19(13)14(2)20-12-15-8-4-6-10-17(15)21-3/h4-11,14,20H,12H2,1-3H3. The molecule has 0 aliphatic heterocycles. The summed E-state index contributed by atoms with van der Waals surface area (Å²) in [5.41, 5.74) is 3.29. The summed E-state index contributed by atoms with van der Waals surface area (Å²) in [4.78, 5) is 0. The minimum atomic E-state index is 0.136. The first kappa shape index (κ1) is 14.7. The third-order valence-corrected chi connectivity index (χ3v) is 4.07. The topological polar surface area (TPSA) is 34.4 Å². The van der Waals surface area contributed by atoms with Crippen LogP contribution in [0.3, 0.4) is 0 Å². The van der Waals surface area contributed by atoms with Gasteiger partial charge in [0.1, 0.15) is 17.1 Å². The second kappa shape index (κ2) is 6.24. The number of benzene rings is 2. The Kier molecular flexibility index (Phi) is 4.16. The molecule has 22 heavy (non-hydrogen) atoms. The van der Waals surface area contributed by atoms with Crippen LogP contribution in [0.1, 0.15) is 29.9 Å². The average molecular weight is 295 g/mol. The zero-order valence-corrected chi connectivity index (χ0v) is 13.2. The lowest BCUT2D eigenvalue weighted by molar-refractivity contribution is 0.401. The second-order valence-corrected chi connectivity index (χ2v) is 5.50. The van der Waals surface area contributed by atoms with Gasteiger partial charge in [-0.2, -0.15) is 0 Å². The molecule has 1 aromatic heterocycles. The van der Waals surface area contributed by atoms with E-state index in [0.717, 1.165) is 29.2 Å². The lowest BCUT2D eigenvalue weighted by Crippen LogP contribution is -2.18. The Morgan fingerprint density at radius 1 is 1.09 bits per heavy atom. The van der Waals surface area contributed by atoms with Gasteiger partial charge in [0.15, 0.2) is 0 Å². The molecule has 3 aromatic rings. The fourth-order valence-electron chi connectivity index (χ4n) is 2.81. The molecule has 0 saturated heterocycles. The maximum absolute atomic E-state index is 6.01. The number of hydrogen-bond donors (Lipinski definition) is 1. The molecule has 0 spiro atoms. The highest BCUT2D eigenvalue weighted by Gasteiger charge is 2.16. The van der Waals surface area contributed by atoms with Crippen molar-refractivity contribution in [3.05, 3.63) is 65.4 Å². The third-order valence-electron chi connectivity index (χ3n) is 4.07. The molecule has 0 bridgehead atoms. The SMILES string of the molecule is COc1ccccc1CNC(C)c1oc2ccccc2c1C. The number of methoxy groups -OCH3 is 1. The van der Waals surface area contributed by atoms with E-state index in [1.807, 2.05) is 36.4 Å². The van der Waals surface area contributed by atoms with Crippen LogP contribution in [0, 0.1) is 6.92 Å². The Labute approximate surface area is 130 Å². The maximum atomic E-state index is 6.01. The number of para-hydroxylation sites is 2. The molecular weight excluding hydrogens is 274 g/mol. The molecule has 2 aromatic carbocycles. The molecule has 0 fully saturated rings. The van der Waals surface area contributed by atoms with E-state index >= 15 is 0 Å². The molecule has 1 unspecified atom stereocenters. The molecular formula is C19H21NO2. The third kappa shape index (κ3) is 2.72. The van der Waals surface area contributed by atoms with Crippen LogP contribution in [-0.4, -0.2) is 7.11 Å². The van der Waals surface area contributed by atoms with Gasteiger partial charge in [0, 0.05) is 17.5 Å². The van der Waals surface area contributed by atoms with E-state index in [2.05, 4.69) is 31.3 Å². The lowest BCUT2D eigenvalue weighted by Gasteiger charge is -2.14. The van der Waals surface area contributed by atoms with Gasteiger partial charge in [0.25, 0.3) is 0 Å². The molecule has 3 nitrogen and oxygen atoms in total. The molecule has 114 valence electrons. The number of rotatable bonds is 5. The summed E-state index contributed by atoms with van der Waals surface area (Å²) in [6, 6.07) is 16.4. The largest absolute Gasteiger partial charge is 0.496 e. The predicted molar refractivity (Wildman–Crippen MR) is 89.2 cm³/mol. The summed E-state index contributed by atoms with van der Waals surface area (Å²) in [5, 5.41) is 4.70. The van der Waals surface area contributed by atoms with Crippen molar-refractivity contribution < 1.29 is 9.15 Å². The van der Waals surface area contributed by atoms with Gasteiger partial charge in [-0.05, 0) is 31.5 Å². The van der Waals surface area contributed by atoms with Gasteiger partial charge in [-0.15, -0.1) is 0 Å². The number of aryl methyl sites for hydroxylation is 1. The van der Waals surface area contributed by atoms with E-state index in [4.69, 9.17) is 9.15 Å². The van der Waals surface area contributed by atoms with Crippen LogP contribution in [-0.2, 0) is 6.54 Å². The fourth-order valence-corrected chi connectivity index (χ4v) is 2.81.